The fraction of sp³-hybridized carbons (Fsp3) is 0.848. The normalized spacial score (nSPS) is 13.5. The number of carbonyl (C=O) groups excluding carboxylic acids is 2. The zero-order chi connectivity index (χ0) is 55.6. The number of unbranched alkanes of at least 4 members (excludes halogenated alkanes) is 38. The summed E-state index contributed by atoms with van der Waals surface area (Å²) in [6.07, 6.45) is 73.6. The van der Waals surface area contributed by atoms with E-state index in [2.05, 4.69) is 62.5 Å². The number of phosphoric acid groups is 1. The number of rotatable bonds is 60. The van der Waals surface area contributed by atoms with Gasteiger partial charge in [-0.05, 0) is 51.4 Å². The second kappa shape index (κ2) is 57.6. The molecule has 9 nitrogen and oxygen atoms in total. The van der Waals surface area contributed by atoms with Crippen molar-refractivity contribution >= 4 is 19.8 Å². The molecule has 0 aromatic carbocycles. The van der Waals surface area contributed by atoms with E-state index in [0.717, 1.165) is 83.5 Å². The highest BCUT2D eigenvalue weighted by atomic mass is 31.2. The molecule has 2 atom stereocenters. The summed E-state index contributed by atoms with van der Waals surface area (Å²) >= 11 is 0. The molecule has 0 saturated carbocycles. The third-order valence-electron chi connectivity index (χ3n) is 14.4. The molecule has 76 heavy (non-hydrogen) atoms. The van der Waals surface area contributed by atoms with Gasteiger partial charge in [0.25, 0.3) is 0 Å². The number of quaternary nitrogens is 1. The maximum absolute atomic E-state index is 12.8. The third-order valence-corrected chi connectivity index (χ3v) is 15.4. The second-order valence-electron chi connectivity index (χ2n) is 23.1. The van der Waals surface area contributed by atoms with Crippen LogP contribution in [0.2, 0.25) is 0 Å². The first-order valence-electron chi connectivity index (χ1n) is 32.4. The Morgan fingerprint density at radius 1 is 0.421 bits per heavy atom. The van der Waals surface area contributed by atoms with Crippen molar-refractivity contribution in [2.75, 3.05) is 47.5 Å². The van der Waals surface area contributed by atoms with Gasteiger partial charge in [-0.2, -0.15) is 0 Å². The number of ether oxygens (including phenoxy) is 2. The summed E-state index contributed by atoms with van der Waals surface area (Å²) in [4.78, 5) is 35.7. The van der Waals surface area contributed by atoms with Gasteiger partial charge in [0.15, 0.2) is 6.10 Å². The summed E-state index contributed by atoms with van der Waals surface area (Å²) in [6, 6.07) is 0. The van der Waals surface area contributed by atoms with Gasteiger partial charge < -0.3 is 18.9 Å². The molecule has 0 amide bonds. The van der Waals surface area contributed by atoms with E-state index in [1.165, 1.54) is 193 Å². The van der Waals surface area contributed by atoms with Crippen molar-refractivity contribution in [1.29, 1.82) is 0 Å². The summed E-state index contributed by atoms with van der Waals surface area (Å²) in [5.41, 5.74) is 0. The van der Waals surface area contributed by atoms with Gasteiger partial charge in [-0.3, -0.25) is 18.6 Å². The minimum atomic E-state index is -4.39. The smallest absolute Gasteiger partial charge is 0.462 e. The Labute approximate surface area is 471 Å². The lowest BCUT2D eigenvalue weighted by molar-refractivity contribution is -0.870. The van der Waals surface area contributed by atoms with Crippen LogP contribution >= 0.6 is 7.82 Å². The Morgan fingerprint density at radius 2 is 0.750 bits per heavy atom. The Kier molecular flexibility index (Phi) is 56.1. The predicted molar refractivity (Wildman–Crippen MR) is 326 cm³/mol. The van der Waals surface area contributed by atoms with Crippen molar-refractivity contribution in [3.8, 4) is 0 Å². The SMILES string of the molecule is CC/C=C\C/C=C\C/C=C\C/C=C\CCCCCCCCC(=O)OC(COC(=O)CCCCCCCCCCCCCCCCCCCCCCCCCCCCCCCCCCC)COP(=O)(O)OCC[N+](C)(C)C. The molecular formula is C66H125NO8P+. The van der Waals surface area contributed by atoms with Crippen LogP contribution in [0.1, 0.15) is 309 Å². The molecule has 10 heteroatoms. The molecule has 0 aliphatic heterocycles. The monoisotopic (exact) mass is 1090 g/mol. The summed E-state index contributed by atoms with van der Waals surface area (Å²) in [5.74, 6) is -0.802. The average Bonchev–Trinajstić information content (AvgIpc) is 3.38. The van der Waals surface area contributed by atoms with E-state index in [0.29, 0.717) is 17.4 Å². The zero-order valence-corrected chi connectivity index (χ0v) is 51.6. The highest BCUT2D eigenvalue weighted by molar-refractivity contribution is 7.47. The van der Waals surface area contributed by atoms with Gasteiger partial charge in [0, 0.05) is 12.8 Å². The molecular weight excluding hydrogens is 966 g/mol. The summed E-state index contributed by atoms with van der Waals surface area (Å²) < 4.78 is 34.6. The van der Waals surface area contributed by atoms with Gasteiger partial charge in [-0.1, -0.05) is 294 Å². The van der Waals surface area contributed by atoms with Crippen LogP contribution < -0.4 is 0 Å². The quantitative estimate of drug-likeness (QED) is 0.0211. The van der Waals surface area contributed by atoms with Gasteiger partial charge in [0.1, 0.15) is 19.8 Å². The summed E-state index contributed by atoms with van der Waals surface area (Å²) in [6.45, 7) is 4.35. The van der Waals surface area contributed by atoms with E-state index in [1.807, 2.05) is 21.1 Å². The first-order chi connectivity index (χ1) is 37.0. The average molecular weight is 1090 g/mol. The third kappa shape index (κ3) is 61.2. The number of esters is 2. The van der Waals surface area contributed by atoms with Crippen molar-refractivity contribution in [3.63, 3.8) is 0 Å². The Bertz CT molecular complexity index is 1420. The first kappa shape index (κ1) is 74.0. The molecule has 0 radical (unpaired) electrons. The van der Waals surface area contributed by atoms with Crippen LogP contribution in [0.5, 0.6) is 0 Å². The van der Waals surface area contributed by atoms with Gasteiger partial charge >= 0.3 is 19.8 Å². The van der Waals surface area contributed by atoms with Crippen molar-refractivity contribution in [2.24, 2.45) is 0 Å². The van der Waals surface area contributed by atoms with Crippen molar-refractivity contribution in [2.45, 2.75) is 315 Å². The summed E-state index contributed by atoms with van der Waals surface area (Å²) in [7, 11) is 1.47. The van der Waals surface area contributed by atoms with Crippen LogP contribution in [0, 0.1) is 0 Å². The highest BCUT2D eigenvalue weighted by Crippen LogP contribution is 2.43. The maximum Gasteiger partial charge on any atom is 0.472 e. The Morgan fingerprint density at radius 3 is 1.12 bits per heavy atom. The van der Waals surface area contributed by atoms with Crippen molar-refractivity contribution < 1.29 is 42.1 Å². The van der Waals surface area contributed by atoms with Gasteiger partial charge in [-0.25, -0.2) is 4.57 Å². The molecule has 0 fully saturated rings. The minimum absolute atomic E-state index is 0.0287. The number of hydrogen-bond acceptors (Lipinski definition) is 7. The topological polar surface area (TPSA) is 108 Å². The fourth-order valence-electron chi connectivity index (χ4n) is 9.42. The lowest BCUT2D eigenvalue weighted by Gasteiger charge is -2.24. The summed E-state index contributed by atoms with van der Waals surface area (Å²) in [5, 5.41) is 0. The second-order valence-corrected chi connectivity index (χ2v) is 24.6. The molecule has 0 aliphatic rings. The Balaban J connectivity index is 3.99. The molecule has 0 bridgehead atoms. The zero-order valence-electron chi connectivity index (χ0n) is 50.8. The van der Waals surface area contributed by atoms with E-state index in [1.54, 1.807) is 0 Å². The van der Waals surface area contributed by atoms with Crippen LogP contribution in [-0.4, -0.2) is 74.9 Å². The molecule has 0 spiro atoms. The number of carbonyl (C=O) groups is 2. The van der Waals surface area contributed by atoms with Crippen LogP contribution in [0.4, 0.5) is 0 Å². The van der Waals surface area contributed by atoms with E-state index in [4.69, 9.17) is 18.5 Å². The van der Waals surface area contributed by atoms with Gasteiger partial charge in [-0.15, -0.1) is 0 Å². The van der Waals surface area contributed by atoms with Crippen LogP contribution in [-0.2, 0) is 32.7 Å². The lowest BCUT2D eigenvalue weighted by Crippen LogP contribution is -2.37. The molecule has 0 rings (SSSR count). The molecule has 0 aliphatic carbocycles. The maximum atomic E-state index is 12.8. The van der Waals surface area contributed by atoms with Crippen LogP contribution in [0.25, 0.3) is 0 Å². The number of likely N-dealkylation sites (N-methyl/N-ethyl adjacent to an activating group) is 1. The first-order valence-corrected chi connectivity index (χ1v) is 33.9. The predicted octanol–water partition coefficient (Wildman–Crippen LogP) is 20.5. The largest absolute Gasteiger partial charge is 0.472 e. The molecule has 1 N–H and O–H groups in total. The van der Waals surface area contributed by atoms with Gasteiger partial charge in [0.05, 0.1) is 27.7 Å². The number of nitrogens with zero attached hydrogens (tertiary/aromatic N) is 1. The minimum Gasteiger partial charge on any atom is -0.462 e. The standard InChI is InChI=1S/C66H124NO8P/c1-6-8-10-12-14-16-18-20-22-24-26-27-28-29-30-31-32-33-34-35-36-37-38-39-41-42-44-46-48-50-52-54-56-58-65(68)72-62-64(63-74-76(70,71)73-61-60-67(3,4)5)75-66(69)59-57-55-53-51-49-47-45-43-40-25-23-21-19-17-15-13-11-9-7-2/h9,11,15,17,21,23,40,43,64H,6-8,10,12-14,16,18-20,22,24-39,41-42,44-63H2,1-5H3/p+1/b11-9-,17-15-,23-21-,43-40-. The molecule has 0 saturated heterocycles. The van der Waals surface area contributed by atoms with Crippen molar-refractivity contribution in [1.82, 2.24) is 0 Å². The van der Waals surface area contributed by atoms with E-state index in [9.17, 15) is 19.0 Å². The van der Waals surface area contributed by atoms with Crippen molar-refractivity contribution in [3.05, 3.63) is 48.6 Å². The van der Waals surface area contributed by atoms with Gasteiger partial charge in [0.2, 0.25) is 0 Å². The molecule has 2 unspecified atom stereocenters. The van der Waals surface area contributed by atoms with E-state index in [-0.39, 0.29) is 32.0 Å². The van der Waals surface area contributed by atoms with Crippen LogP contribution in [0.3, 0.4) is 0 Å². The number of hydrogen-bond donors (Lipinski definition) is 1. The fourth-order valence-corrected chi connectivity index (χ4v) is 10.2. The Hall–Kier alpha value is -2.03. The molecule has 0 aromatic rings. The lowest BCUT2D eigenvalue weighted by atomic mass is 10.0. The molecule has 0 aromatic heterocycles. The highest BCUT2D eigenvalue weighted by Gasteiger charge is 2.27. The number of allylic oxidation sites excluding steroid dienone is 8. The van der Waals surface area contributed by atoms with E-state index < -0.39 is 26.5 Å². The van der Waals surface area contributed by atoms with Crippen LogP contribution in [0.15, 0.2) is 48.6 Å². The van der Waals surface area contributed by atoms with E-state index >= 15 is 0 Å². The molecule has 0 heterocycles. The number of phosphoric ester groups is 1. The molecule has 446 valence electrons.